The first-order valence-corrected chi connectivity index (χ1v) is 7.31. The van der Waals surface area contributed by atoms with Crippen LogP contribution in [0.5, 0.6) is 0 Å². The number of hydrogen-bond donors (Lipinski definition) is 2. The Morgan fingerprint density at radius 3 is 2.81 bits per heavy atom. The largest absolute Gasteiger partial charge is 0.375 e. The average Bonchev–Trinajstić information content (AvgIpc) is 3.27. The molecule has 1 fully saturated rings. The monoisotopic (exact) mass is 284 g/mol. The fourth-order valence-electron chi connectivity index (χ4n) is 2.49. The second-order valence-corrected chi connectivity index (χ2v) is 5.47. The number of amides is 1. The summed E-state index contributed by atoms with van der Waals surface area (Å²) in [5.74, 6) is 0.640. The van der Waals surface area contributed by atoms with Crippen LogP contribution in [0.15, 0.2) is 42.7 Å². The van der Waals surface area contributed by atoms with Crippen molar-refractivity contribution < 1.29 is 4.79 Å². The van der Waals surface area contributed by atoms with Crippen molar-refractivity contribution in [1.82, 2.24) is 15.1 Å². The number of carbonyl (C=O) groups excluding carboxylic acids is 1. The minimum Gasteiger partial charge on any atom is -0.375 e. The molecule has 5 heteroatoms. The topological polar surface area (TPSA) is 59.0 Å². The molecule has 2 N–H and O–H groups in total. The smallest absolute Gasteiger partial charge is 0.241 e. The zero-order valence-corrected chi connectivity index (χ0v) is 12.1. The Morgan fingerprint density at radius 2 is 2.14 bits per heavy atom. The van der Waals surface area contributed by atoms with Gasteiger partial charge in [0.05, 0.1) is 17.9 Å². The highest BCUT2D eigenvalue weighted by atomic mass is 16.1. The minimum atomic E-state index is -0.0496. The van der Waals surface area contributed by atoms with Gasteiger partial charge in [-0.2, -0.15) is 5.10 Å². The molecule has 1 saturated carbocycles. The van der Waals surface area contributed by atoms with Gasteiger partial charge in [0.2, 0.25) is 5.91 Å². The molecule has 3 rings (SSSR count). The van der Waals surface area contributed by atoms with E-state index in [0.29, 0.717) is 12.0 Å². The fraction of sp³-hybridized carbons (Fsp3) is 0.375. The number of anilines is 1. The number of nitrogens with one attached hydrogen (secondary N) is 2. The Hall–Kier alpha value is -2.30. The summed E-state index contributed by atoms with van der Waals surface area (Å²) >= 11 is 0. The van der Waals surface area contributed by atoms with Crippen molar-refractivity contribution in [2.45, 2.75) is 25.4 Å². The molecule has 1 amide bonds. The van der Waals surface area contributed by atoms with E-state index < -0.39 is 0 Å². The van der Waals surface area contributed by atoms with Gasteiger partial charge < -0.3 is 10.6 Å². The lowest BCUT2D eigenvalue weighted by Gasteiger charge is -2.18. The first kappa shape index (κ1) is 13.7. The van der Waals surface area contributed by atoms with Crippen molar-refractivity contribution in [2.75, 3.05) is 12.4 Å². The van der Waals surface area contributed by atoms with Gasteiger partial charge in [-0.25, -0.2) is 0 Å². The number of benzene rings is 1. The molecule has 2 aromatic rings. The van der Waals surface area contributed by atoms with Gasteiger partial charge in [-0.3, -0.25) is 9.48 Å². The highest BCUT2D eigenvalue weighted by Crippen LogP contribution is 2.42. The lowest BCUT2D eigenvalue weighted by atomic mass is 10.0. The lowest BCUT2D eigenvalue weighted by molar-refractivity contribution is -0.121. The Balaban J connectivity index is 1.70. The second kappa shape index (κ2) is 5.99. The molecule has 0 saturated heterocycles. The fourth-order valence-corrected chi connectivity index (χ4v) is 2.49. The molecule has 1 heterocycles. The number of rotatable bonds is 6. The van der Waals surface area contributed by atoms with Crippen LogP contribution >= 0.6 is 0 Å². The van der Waals surface area contributed by atoms with Crippen LogP contribution in [-0.4, -0.2) is 22.7 Å². The van der Waals surface area contributed by atoms with Crippen LogP contribution in [0.25, 0.3) is 0 Å². The van der Waals surface area contributed by atoms with Gasteiger partial charge in [0.1, 0.15) is 6.54 Å². The summed E-state index contributed by atoms with van der Waals surface area (Å²) in [5, 5.41) is 10.4. The van der Waals surface area contributed by atoms with Crippen LogP contribution in [0.1, 0.15) is 24.4 Å². The summed E-state index contributed by atoms with van der Waals surface area (Å²) in [5.41, 5.74) is 2.26. The summed E-state index contributed by atoms with van der Waals surface area (Å²) in [6.45, 7) is 0.248. The maximum atomic E-state index is 11.4. The molecular weight excluding hydrogens is 264 g/mol. The summed E-state index contributed by atoms with van der Waals surface area (Å²) in [4.78, 5) is 11.4. The second-order valence-electron chi connectivity index (χ2n) is 5.47. The highest BCUT2D eigenvalue weighted by molar-refractivity contribution is 5.75. The Bertz CT molecular complexity index is 604. The molecule has 0 bridgehead atoms. The summed E-state index contributed by atoms with van der Waals surface area (Å²) in [6, 6.07) is 10.8. The van der Waals surface area contributed by atoms with Gasteiger partial charge >= 0.3 is 0 Å². The van der Waals surface area contributed by atoms with Gasteiger partial charge in [0.15, 0.2) is 0 Å². The minimum absolute atomic E-state index is 0.0496. The predicted molar refractivity (Wildman–Crippen MR) is 81.8 cm³/mol. The third-order valence-electron chi connectivity index (χ3n) is 3.79. The zero-order chi connectivity index (χ0) is 14.7. The van der Waals surface area contributed by atoms with Crippen molar-refractivity contribution in [2.24, 2.45) is 5.92 Å². The third-order valence-corrected chi connectivity index (χ3v) is 3.79. The van der Waals surface area contributed by atoms with Gasteiger partial charge in [0.25, 0.3) is 0 Å². The molecule has 1 aliphatic rings. The molecule has 1 atom stereocenters. The normalized spacial score (nSPS) is 15.5. The SMILES string of the molecule is CNC(=O)Cn1cc(NC(c2ccccc2)C2CC2)cn1. The van der Waals surface area contributed by atoms with Gasteiger partial charge in [0, 0.05) is 13.2 Å². The highest BCUT2D eigenvalue weighted by Gasteiger charge is 2.32. The van der Waals surface area contributed by atoms with Crippen LogP contribution in [0, 0.1) is 5.92 Å². The Labute approximate surface area is 124 Å². The zero-order valence-electron chi connectivity index (χ0n) is 12.1. The van der Waals surface area contributed by atoms with E-state index >= 15 is 0 Å². The average molecular weight is 284 g/mol. The van der Waals surface area contributed by atoms with E-state index in [0.717, 1.165) is 5.69 Å². The Morgan fingerprint density at radius 1 is 1.38 bits per heavy atom. The molecule has 1 aromatic carbocycles. The van der Waals surface area contributed by atoms with Gasteiger partial charge in [-0.15, -0.1) is 0 Å². The Kier molecular flexibility index (Phi) is 3.90. The molecule has 5 nitrogen and oxygen atoms in total. The van der Waals surface area contributed by atoms with Crippen LogP contribution in [0.4, 0.5) is 5.69 Å². The number of likely N-dealkylation sites (N-methyl/N-ethyl adjacent to an activating group) is 1. The number of hydrogen-bond acceptors (Lipinski definition) is 3. The van der Waals surface area contributed by atoms with Crippen molar-refractivity contribution >= 4 is 11.6 Å². The first-order valence-electron chi connectivity index (χ1n) is 7.31. The maximum Gasteiger partial charge on any atom is 0.241 e. The van der Waals surface area contributed by atoms with E-state index in [9.17, 15) is 4.79 Å². The summed E-state index contributed by atoms with van der Waals surface area (Å²) in [7, 11) is 1.63. The van der Waals surface area contributed by atoms with E-state index in [-0.39, 0.29) is 12.5 Å². The molecule has 110 valence electrons. The molecule has 0 spiro atoms. The molecule has 1 aromatic heterocycles. The molecule has 1 unspecified atom stereocenters. The molecule has 21 heavy (non-hydrogen) atoms. The van der Waals surface area contributed by atoms with Crippen molar-refractivity contribution in [3.05, 3.63) is 48.3 Å². The summed E-state index contributed by atoms with van der Waals surface area (Å²) in [6.07, 6.45) is 6.19. The van der Waals surface area contributed by atoms with E-state index in [1.807, 2.05) is 12.3 Å². The third kappa shape index (κ3) is 3.42. The summed E-state index contributed by atoms with van der Waals surface area (Å²) < 4.78 is 1.65. The van der Waals surface area contributed by atoms with Crippen LogP contribution in [-0.2, 0) is 11.3 Å². The van der Waals surface area contributed by atoms with Crippen LogP contribution < -0.4 is 10.6 Å². The molecule has 0 radical (unpaired) electrons. The van der Waals surface area contributed by atoms with Crippen LogP contribution in [0.2, 0.25) is 0 Å². The van der Waals surface area contributed by atoms with E-state index in [2.05, 4.69) is 40.0 Å². The quantitative estimate of drug-likeness (QED) is 0.855. The van der Waals surface area contributed by atoms with Crippen molar-refractivity contribution in [3.8, 4) is 0 Å². The van der Waals surface area contributed by atoms with Crippen molar-refractivity contribution in [3.63, 3.8) is 0 Å². The predicted octanol–water partition coefficient (Wildman–Crippen LogP) is 2.19. The van der Waals surface area contributed by atoms with E-state index in [1.165, 1.54) is 18.4 Å². The first-order chi connectivity index (χ1) is 10.3. The maximum absolute atomic E-state index is 11.4. The number of nitrogens with zero attached hydrogens (tertiary/aromatic N) is 2. The van der Waals surface area contributed by atoms with Crippen LogP contribution in [0.3, 0.4) is 0 Å². The van der Waals surface area contributed by atoms with Crippen molar-refractivity contribution in [1.29, 1.82) is 0 Å². The molecule has 1 aliphatic carbocycles. The molecular formula is C16H20N4O. The van der Waals surface area contributed by atoms with Gasteiger partial charge in [-0.1, -0.05) is 30.3 Å². The lowest BCUT2D eigenvalue weighted by Crippen LogP contribution is -2.23. The number of aromatic nitrogens is 2. The standard InChI is InChI=1S/C16H20N4O/c1-17-15(21)11-20-10-14(9-18-20)19-16(13-7-8-13)12-5-3-2-4-6-12/h2-6,9-10,13,16,19H,7-8,11H2,1H3,(H,17,21). The van der Waals surface area contributed by atoms with E-state index in [1.54, 1.807) is 17.9 Å². The van der Waals surface area contributed by atoms with E-state index in [4.69, 9.17) is 0 Å². The number of carbonyl (C=O) groups is 1. The molecule has 0 aliphatic heterocycles. The van der Waals surface area contributed by atoms with Gasteiger partial charge in [-0.05, 0) is 24.3 Å².